The van der Waals surface area contributed by atoms with Crippen LogP contribution < -0.4 is 4.90 Å². The summed E-state index contributed by atoms with van der Waals surface area (Å²) in [6.45, 7) is 0. The summed E-state index contributed by atoms with van der Waals surface area (Å²) in [5.74, 6) is 0.345. The number of nitrogens with zero attached hydrogens (tertiary/aromatic N) is 2. The molecule has 0 bridgehead atoms. The van der Waals surface area contributed by atoms with Gasteiger partial charge in [-0.2, -0.15) is 0 Å². The monoisotopic (exact) mass is 310 g/mol. The van der Waals surface area contributed by atoms with E-state index in [0.29, 0.717) is 10.9 Å². The van der Waals surface area contributed by atoms with Crippen LogP contribution in [-0.4, -0.2) is 19.3 Å². The molecular weight excluding hydrogens is 295 g/mol. The molecule has 1 aromatic heterocycles. The first kappa shape index (κ1) is 13.8. The molecule has 0 aliphatic heterocycles. The van der Waals surface area contributed by atoms with Crippen molar-refractivity contribution in [1.29, 1.82) is 0 Å². The summed E-state index contributed by atoms with van der Waals surface area (Å²) >= 11 is 12.4. The number of hydrogen-bond acceptors (Lipinski definition) is 3. The minimum Gasteiger partial charge on any atom is -0.373 e. The Hall–Kier alpha value is -1.19. The lowest BCUT2D eigenvalue weighted by atomic mass is 9.82. The molecule has 20 heavy (non-hydrogen) atoms. The Balaban J connectivity index is 1.94. The molecule has 1 atom stereocenters. The summed E-state index contributed by atoms with van der Waals surface area (Å²) in [6, 6.07) is 3.84. The maximum Gasteiger partial charge on any atom is 0.147 e. The largest absolute Gasteiger partial charge is 0.373 e. The number of fused-ring (bicyclic) bond motifs is 1. The van der Waals surface area contributed by atoms with Gasteiger partial charge in [-0.05, 0) is 42.5 Å². The zero-order chi connectivity index (χ0) is 14.3. The second-order valence-electron chi connectivity index (χ2n) is 5.44. The van der Waals surface area contributed by atoms with Crippen LogP contribution in [0.3, 0.4) is 0 Å². The van der Waals surface area contributed by atoms with Gasteiger partial charge in [0.1, 0.15) is 17.6 Å². The minimum absolute atomic E-state index is 0.345. The summed E-state index contributed by atoms with van der Waals surface area (Å²) < 4.78 is 5.15. The van der Waals surface area contributed by atoms with E-state index in [0.717, 1.165) is 35.7 Å². The van der Waals surface area contributed by atoms with E-state index in [1.54, 1.807) is 6.26 Å². The first-order valence-corrected chi connectivity index (χ1v) is 7.40. The zero-order valence-electron chi connectivity index (χ0n) is 11.5. The number of aryl methyl sites for hydroxylation is 1. The quantitative estimate of drug-likeness (QED) is 0.827. The van der Waals surface area contributed by atoms with Crippen molar-refractivity contribution in [2.45, 2.75) is 25.2 Å². The van der Waals surface area contributed by atoms with Crippen molar-refractivity contribution in [3.8, 4) is 0 Å². The molecule has 5 heteroatoms. The molecule has 1 heterocycles. The van der Waals surface area contributed by atoms with Crippen LogP contribution in [0.2, 0.25) is 10.0 Å². The molecule has 1 aliphatic rings. The fourth-order valence-corrected chi connectivity index (χ4v) is 3.49. The van der Waals surface area contributed by atoms with Crippen LogP contribution in [0.4, 0.5) is 5.69 Å². The number of rotatable bonds is 2. The predicted molar refractivity (Wildman–Crippen MR) is 82.1 cm³/mol. The average Bonchev–Trinajstić information content (AvgIpc) is 2.87. The lowest BCUT2D eigenvalue weighted by Gasteiger charge is -2.25. The van der Waals surface area contributed by atoms with Gasteiger partial charge in [0.15, 0.2) is 0 Å². The highest BCUT2D eigenvalue weighted by molar-refractivity contribution is 6.35. The number of aromatic nitrogens is 1. The third-order valence-corrected chi connectivity index (χ3v) is 4.47. The van der Waals surface area contributed by atoms with Crippen LogP contribution in [-0.2, 0) is 12.8 Å². The van der Waals surface area contributed by atoms with Crippen molar-refractivity contribution in [1.82, 2.24) is 5.16 Å². The van der Waals surface area contributed by atoms with E-state index in [4.69, 9.17) is 27.7 Å². The predicted octanol–water partition coefficient (Wildman–Crippen LogP) is 4.32. The lowest BCUT2D eigenvalue weighted by molar-refractivity contribution is 0.399. The maximum atomic E-state index is 6.34. The van der Waals surface area contributed by atoms with Crippen molar-refractivity contribution in [3.05, 3.63) is 45.3 Å². The van der Waals surface area contributed by atoms with Gasteiger partial charge in [-0.3, -0.25) is 0 Å². The molecule has 1 aromatic carbocycles. The normalized spacial score (nSPS) is 17.9. The zero-order valence-corrected chi connectivity index (χ0v) is 13.0. The highest BCUT2D eigenvalue weighted by atomic mass is 35.5. The smallest absolute Gasteiger partial charge is 0.147 e. The number of benzene rings is 1. The molecule has 3 rings (SSSR count). The van der Waals surface area contributed by atoms with Gasteiger partial charge in [0.25, 0.3) is 0 Å². The summed E-state index contributed by atoms with van der Waals surface area (Å²) in [5.41, 5.74) is 4.52. The first-order chi connectivity index (χ1) is 9.56. The highest BCUT2D eigenvalue weighted by Crippen LogP contribution is 2.39. The van der Waals surface area contributed by atoms with Crippen LogP contribution in [0.1, 0.15) is 29.2 Å². The van der Waals surface area contributed by atoms with Gasteiger partial charge in [0.2, 0.25) is 0 Å². The molecule has 0 saturated heterocycles. The molecular formula is C15H16Cl2N2O. The van der Waals surface area contributed by atoms with Crippen molar-refractivity contribution >= 4 is 28.9 Å². The topological polar surface area (TPSA) is 29.3 Å². The molecule has 1 unspecified atom stereocenters. The standard InChI is InChI=1S/C15H16Cl2N2O/c1-19(2)14-8-20-18-15(14)10-4-3-9-5-11(16)7-13(17)12(9)6-10/h5,7-8,10H,3-4,6H2,1-2H3. The van der Waals surface area contributed by atoms with Crippen molar-refractivity contribution < 1.29 is 4.52 Å². The summed E-state index contributed by atoms with van der Waals surface area (Å²) in [6.07, 6.45) is 4.60. The summed E-state index contributed by atoms with van der Waals surface area (Å²) in [7, 11) is 4.00. The maximum absolute atomic E-state index is 6.34. The Kier molecular flexibility index (Phi) is 3.65. The minimum atomic E-state index is 0.345. The summed E-state index contributed by atoms with van der Waals surface area (Å²) in [4.78, 5) is 2.03. The Bertz CT molecular complexity index is 637. The van der Waals surface area contributed by atoms with Crippen molar-refractivity contribution in [2.75, 3.05) is 19.0 Å². The molecule has 0 amide bonds. The average molecular weight is 311 g/mol. The Morgan fingerprint density at radius 1 is 1.30 bits per heavy atom. The van der Waals surface area contributed by atoms with Gasteiger partial charge in [0, 0.05) is 30.1 Å². The lowest BCUT2D eigenvalue weighted by Crippen LogP contribution is -2.17. The van der Waals surface area contributed by atoms with Crippen LogP contribution in [0.15, 0.2) is 22.9 Å². The Labute approximate surface area is 128 Å². The van der Waals surface area contributed by atoms with E-state index >= 15 is 0 Å². The molecule has 2 aromatic rings. The van der Waals surface area contributed by atoms with Crippen molar-refractivity contribution in [2.24, 2.45) is 0 Å². The fraction of sp³-hybridized carbons (Fsp3) is 0.400. The van der Waals surface area contributed by atoms with Crippen molar-refractivity contribution in [3.63, 3.8) is 0 Å². The van der Waals surface area contributed by atoms with Crippen LogP contribution in [0.25, 0.3) is 0 Å². The number of halogens is 2. The number of hydrogen-bond donors (Lipinski definition) is 0. The third-order valence-electron chi connectivity index (χ3n) is 3.91. The van der Waals surface area contributed by atoms with Gasteiger partial charge in [-0.1, -0.05) is 28.4 Å². The van der Waals surface area contributed by atoms with Gasteiger partial charge in [0.05, 0.1) is 0 Å². The third kappa shape index (κ3) is 2.40. The van der Waals surface area contributed by atoms with E-state index < -0.39 is 0 Å². The van der Waals surface area contributed by atoms with E-state index in [9.17, 15) is 0 Å². The molecule has 0 spiro atoms. The summed E-state index contributed by atoms with van der Waals surface area (Å²) in [5, 5.41) is 5.66. The molecule has 0 N–H and O–H groups in total. The molecule has 0 radical (unpaired) electrons. The molecule has 3 nitrogen and oxygen atoms in total. The van der Waals surface area contributed by atoms with Gasteiger partial charge in [-0.25, -0.2) is 0 Å². The van der Waals surface area contributed by atoms with Crippen LogP contribution >= 0.6 is 23.2 Å². The van der Waals surface area contributed by atoms with Crippen LogP contribution in [0, 0.1) is 0 Å². The van der Waals surface area contributed by atoms with E-state index in [1.807, 2.05) is 31.1 Å². The SMILES string of the molecule is CN(C)c1conc1C1CCc2cc(Cl)cc(Cl)c2C1. The Morgan fingerprint density at radius 2 is 2.10 bits per heavy atom. The van der Waals surface area contributed by atoms with Crippen LogP contribution in [0.5, 0.6) is 0 Å². The van der Waals surface area contributed by atoms with E-state index in [2.05, 4.69) is 5.16 Å². The van der Waals surface area contributed by atoms with E-state index in [-0.39, 0.29) is 0 Å². The second kappa shape index (κ2) is 5.30. The fourth-order valence-electron chi connectivity index (χ4n) is 2.88. The highest BCUT2D eigenvalue weighted by Gasteiger charge is 2.27. The molecule has 1 aliphatic carbocycles. The van der Waals surface area contributed by atoms with E-state index in [1.165, 1.54) is 11.1 Å². The molecule has 0 saturated carbocycles. The van der Waals surface area contributed by atoms with Gasteiger partial charge < -0.3 is 9.42 Å². The van der Waals surface area contributed by atoms with Gasteiger partial charge in [-0.15, -0.1) is 0 Å². The second-order valence-corrected chi connectivity index (χ2v) is 6.29. The molecule has 106 valence electrons. The van der Waals surface area contributed by atoms with Gasteiger partial charge >= 0.3 is 0 Å². The first-order valence-electron chi connectivity index (χ1n) is 6.64. The Morgan fingerprint density at radius 3 is 2.85 bits per heavy atom. The number of anilines is 1. The molecule has 0 fully saturated rings.